The molecule has 2 aromatic heterocycles. The number of rotatable bonds is 2. The van der Waals surface area contributed by atoms with Crippen LogP contribution in [0.4, 0.5) is 5.95 Å². The molecule has 6 heteroatoms. The standard InChI is InChI=1S/C13H13N5O/c1-14-12-15-8-7-11(16-12)18-10-6-4-3-5-9(10)17(2)13(18)19/h3-8H,1-2H3,(H,14,15,16). The molecule has 2 heterocycles. The van der Waals surface area contributed by atoms with Gasteiger partial charge in [0.15, 0.2) is 0 Å². The van der Waals surface area contributed by atoms with Gasteiger partial charge in [-0.2, -0.15) is 4.98 Å². The highest BCUT2D eigenvalue weighted by Gasteiger charge is 2.12. The van der Waals surface area contributed by atoms with Gasteiger partial charge >= 0.3 is 5.69 Å². The molecule has 0 aliphatic heterocycles. The zero-order chi connectivity index (χ0) is 13.4. The number of benzene rings is 1. The van der Waals surface area contributed by atoms with Crippen LogP contribution in [0.5, 0.6) is 0 Å². The molecule has 0 aliphatic carbocycles. The Morgan fingerprint density at radius 2 is 1.89 bits per heavy atom. The summed E-state index contributed by atoms with van der Waals surface area (Å²) in [6.45, 7) is 0. The molecule has 0 amide bonds. The lowest BCUT2D eigenvalue weighted by molar-refractivity contribution is 0.832. The lowest BCUT2D eigenvalue weighted by Gasteiger charge is -2.03. The largest absolute Gasteiger partial charge is 0.357 e. The van der Waals surface area contributed by atoms with E-state index in [0.29, 0.717) is 11.8 Å². The number of nitrogens with zero attached hydrogens (tertiary/aromatic N) is 4. The molecular formula is C13H13N5O. The van der Waals surface area contributed by atoms with E-state index in [9.17, 15) is 4.79 Å². The van der Waals surface area contributed by atoms with Crippen molar-refractivity contribution in [2.24, 2.45) is 7.05 Å². The molecule has 3 aromatic rings. The van der Waals surface area contributed by atoms with Gasteiger partial charge in [-0.1, -0.05) is 12.1 Å². The molecule has 0 atom stereocenters. The molecule has 0 bridgehead atoms. The number of nitrogens with one attached hydrogen (secondary N) is 1. The Labute approximate surface area is 109 Å². The molecule has 6 nitrogen and oxygen atoms in total. The fraction of sp³-hybridized carbons (Fsp3) is 0.154. The van der Waals surface area contributed by atoms with Gasteiger partial charge in [0.1, 0.15) is 5.82 Å². The van der Waals surface area contributed by atoms with E-state index >= 15 is 0 Å². The Kier molecular flexibility index (Phi) is 2.56. The van der Waals surface area contributed by atoms with Gasteiger partial charge in [0.25, 0.3) is 0 Å². The van der Waals surface area contributed by atoms with Gasteiger partial charge in [-0.05, 0) is 12.1 Å². The van der Waals surface area contributed by atoms with E-state index in [0.717, 1.165) is 11.0 Å². The van der Waals surface area contributed by atoms with Crippen LogP contribution in [0.15, 0.2) is 41.3 Å². The quantitative estimate of drug-likeness (QED) is 0.746. The summed E-state index contributed by atoms with van der Waals surface area (Å²) >= 11 is 0. The van der Waals surface area contributed by atoms with E-state index in [1.807, 2.05) is 24.3 Å². The second-order valence-corrected chi connectivity index (χ2v) is 4.15. The van der Waals surface area contributed by atoms with Crippen molar-refractivity contribution in [3.05, 3.63) is 47.0 Å². The lowest BCUT2D eigenvalue weighted by Crippen LogP contribution is -2.21. The fourth-order valence-electron chi connectivity index (χ4n) is 2.11. The van der Waals surface area contributed by atoms with Crippen LogP contribution in [0.1, 0.15) is 0 Å². The maximum absolute atomic E-state index is 12.3. The minimum absolute atomic E-state index is 0.123. The summed E-state index contributed by atoms with van der Waals surface area (Å²) in [5.41, 5.74) is 1.58. The first-order chi connectivity index (χ1) is 9.22. The van der Waals surface area contributed by atoms with Gasteiger partial charge in [-0.3, -0.25) is 4.57 Å². The molecule has 0 unspecified atom stereocenters. The average molecular weight is 255 g/mol. The average Bonchev–Trinajstić information content (AvgIpc) is 2.72. The summed E-state index contributed by atoms with van der Waals surface area (Å²) < 4.78 is 3.19. The Morgan fingerprint density at radius 1 is 1.16 bits per heavy atom. The zero-order valence-corrected chi connectivity index (χ0v) is 10.7. The van der Waals surface area contributed by atoms with Crippen LogP contribution in [0.3, 0.4) is 0 Å². The monoisotopic (exact) mass is 255 g/mol. The fourth-order valence-corrected chi connectivity index (χ4v) is 2.11. The number of aromatic nitrogens is 4. The van der Waals surface area contributed by atoms with Crippen LogP contribution >= 0.6 is 0 Å². The van der Waals surface area contributed by atoms with Gasteiger partial charge in [0.05, 0.1) is 11.0 Å². The lowest BCUT2D eigenvalue weighted by atomic mass is 10.3. The molecule has 96 valence electrons. The number of hydrogen-bond acceptors (Lipinski definition) is 4. The highest BCUT2D eigenvalue weighted by molar-refractivity contribution is 5.77. The molecule has 0 fully saturated rings. The molecular weight excluding hydrogens is 242 g/mol. The SMILES string of the molecule is CNc1nccc(-n2c(=O)n(C)c3ccccc32)n1. The first-order valence-corrected chi connectivity index (χ1v) is 5.90. The van der Waals surface area contributed by atoms with E-state index in [4.69, 9.17) is 0 Å². The van der Waals surface area contributed by atoms with Crippen molar-refractivity contribution in [3.63, 3.8) is 0 Å². The van der Waals surface area contributed by atoms with Crippen molar-refractivity contribution >= 4 is 17.0 Å². The summed E-state index contributed by atoms with van der Waals surface area (Å²) in [6.07, 6.45) is 1.63. The molecule has 0 aliphatic rings. The second kappa shape index (κ2) is 4.24. The summed E-state index contributed by atoms with van der Waals surface area (Å²) in [5.74, 6) is 1.04. The van der Waals surface area contributed by atoms with Crippen molar-refractivity contribution in [2.45, 2.75) is 0 Å². The predicted molar refractivity (Wildman–Crippen MR) is 73.7 cm³/mol. The third-order valence-corrected chi connectivity index (χ3v) is 3.06. The number of para-hydroxylation sites is 2. The van der Waals surface area contributed by atoms with E-state index in [1.54, 1.807) is 35.5 Å². The number of fused-ring (bicyclic) bond motifs is 1. The van der Waals surface area contributed by atoms with Crippen molar-refractivity contribution in [3.8, 4) is 5.82 Å². The number of hydrogen-bond donors (Lipinski definition) is 1. The van der Waals surface area contributed by atoms with Crippen molar-refractivity contribution in [1.82, 2.24) is 19.1 Å². The molecule has 0 radical (unpaired) electrons. The van der Waals surface area contributed by atoms with Gasteiger partial charge < -0.3 is 5.32 Å². The molecule has 1 aromatic carbocycles. The number of aryl methyl sites for hydroxylation is 1. The maximum atomic E-state index is 12.3. The summed E-state index contributed by atoms with van der Waals surface area (Å²) in [4.78, 5) is 20.7. The topological polar surface area (TPSA) is 64.7 Å². The number of imidazole rings is 1. The molecule has 3 rings (SSSR count). The van der Waals surface area contributed by atoms with Crippen LogP contribution in [0.25, 0.3) is 16.9 Å². The first kappa shape index (κ1) is 11.5. The molecule has 19 heavy (non-hydrogen) atoms. The molecule has 0 saturated carbocycles. The maximum Gasteiger partial charge on any atom is 0.334 e. The number of anilines is 1. The van der Waals surface area contributed by atoms with Crippen LogP contribution in [0.2, 0.25) is 0 Å². The molecule has 0 saturated heterocycles. The van der Waals surface area contributed by atoms with Crippen LogP contribution < -0.4 is 11.0 Å². The van der Waals surface area contributed by atoms with Gasteiger partial charge in [-0.25, -0.2) is 14.3 Å². The minimum Gasteiger partial charge on any atom is -0.357 e. The highest BCUT2D eigenvalue weighted by Crippen LogP contribution is 2.15. The van der Waals surface area contributed by atoms with E-state index < -0.39 is 0 Å². The van der Waals surface area contributed by atoms with E-state index in [2.05, 4.69) is 15.3 Å². The highest BCUT2D eigenvalue weighted by atomic mass is 16.1. The van der Waals surface area contributed by atoms with Gasteiger partial charge in [-0.15, -0.1) is 0 Å². The third kappa shape index (κ3) is 1.69. The predicted octanol–water partition coefficient (Wildman–Crippen LogP) is 1.16. The van der Waals surface area contributed by atoms with Gasteiger partial charge in [0, 0.05) is 26.4 Å². The van der Waals surface area contributed by atoms with Crippen LogP contribution in [-0.2, 0) is 7.05 Å². The van der Waals surface area contributed by atoms with Crippen molar-refractivity contribution < 1.29 is 0 Å². The summed E-state index contributed by atoms with van der Waals surface area (Å²) in [6, 6.07) is 9.34. The summed E-state index contributed by atoms with van der Waals surface area (Å²) in [7, 11) is 3.49. The van der Waals surface area contributed by atoms with E-state index in [-0.39, 0.29) is 5.69 Å². The van der Waals surface area contributed by atoms with E-state index in [1.165, 1.54) is 0 Å². The third-order valence-electron chi connectivity index (χ3n) is 3.06. The second-order valence-electron chi connectivity index (χ2n) is 4.15. The normalized spacial score (nSPS) is 10.8. The Hall–Kier alpha value is -2.63. The van der Waals surface area contributed by atoms with Crippen molar-refractivity contribution in [2.75, 3.05) is 12.4 Å². The smallest absolute Gasteiger partial charge is 0.334 e. The van der Waals surface area contributed by atoms with Crippen LogP contribution in [0, 0.1) is 0 Å². The Morgan fingerprint density at radius 3 is 2.63 bits per heavy atom. The first-order valence-electron chi connectivity index (χ1n) is 5.90. The van der Waals surface area contributed by atoms with Gasteiger partial charge in [0.2, 0.25) is 5.95 Å². The molecule has 1 N–H and O–H groups in total. The molecule has 0 spiro atoms. The summed E-state index contributed by atoms with van der Waals surface area (Å²) in [5, 5.41) is 2.87. The van der Waals surface area contributed by atoms with Crippen LogP contribution in [-0.4, -0.2) is 26.1 Å². The zero-order valence-electron chi connectivity index (χ0n) is 10.7. The van der Waals surface area contributed by atoms with Crippen molar-refractivity contribution in [1.29, 1.82) is 0 Å². The Balaban J connectivity index is 2.36. The Bertz CT molecular complexity index is 802. The minimum atomic E-state index is -0.123.